The summed E-state index contributed by atoms with van der Waals surface area (Å²) in [6, 6.07) is 12.6. The lowest BCUT2D eigenvalue weighted by molar-refractivity contribution is 0.320. The van der Waals surface area contributed by atoms with Crippen LogP contribution in [0.2, 0.25) is 0 Å². The summed E-state index contributed by atoms with van der Waals surface area (Å²) in [6.07, 6.45) is 3.82. The van der Waals surface area contributed by atoms with Crippen LogP contribution in [0.1, 0.15) is 22.9 Å². The van der Waals surface area contributed by atoms with Gasteiger partial charge < -0.3 is 4.42 Å². The normalized spacial score (nSPS) is 17.0. The van der Waals surface area contributed by atoms with Gasteiger partial charge in [-0.1, -0.05) is 24.3 Å². The van der Waals surface area contributed by atoms with E-state index in [9.17, 15) is 0 Å². The third-order valence-corrected chi connectivity index (χ3v) is 3.58. The number of rotatable bonds is 3. The Kier molecular flexibility index (Phi) is 2.71. The predicted octanol–water partition coefficient (Wildman–Crippen LogP) is 2.20. The van der Waals surface area contributed by atoms with Crippen molar-refractivity contribution < 1.29 is 4.42 Å². The van der Waals surface area contributed by atoms with E-state index in [0.717, 1.165) is 18.6 Å². The van der Waals surface area contributed by atoms with Crippen molar-refractivity contribution in [3.8, 4) is 0 Å². The number of hydrazine groups is 1. The molecule has 0 fully saturated rings. The maximum atomic E-state index is 5.67. The van der Waals surface area contributed by atoms with Crippen LogP contribution in [0.25, 0.3) is 0 Å². The molecule has 1 heterocycles. The molecule has 0 saturated carbocycles. The Morgan fingerprint density at radius 3 is 2.35 bits per heavy atom. The Bertz CT molecular complexity index is 468. The van der Waals surface area contributed by atoms with Crippen LogP contribution in [-0.4, -0.2) is 0 Å². The first kappa shape index (κ1) is 10.6. The fraction of sp³-hybridized carbons (Fsp3) is 0.286. The lowest BCUT2D eigenvalue weighted by Crippen LogP contribution is -2.33. The van der Waals surface area contributed by atoms with Crippen molar-refractivity contribution in [1.82, 2.24) is 5.43 Å². The van der Waals surface area contributed by atoms with Crippen molar-refractivity contribution in [3.05, 3.63) is 59.5 Å². The Morgan fingerprint density at radius 1 is 1.12 bits per heavy atom. The molecule has 0 bridgehead atoms. The molecule has 2 aromatic rings. The summed E-state index contributed by atoms with van der Waals surface area (Å²) < 4.78 is 5.46. The highest BCUT2D eigenvalue weighted by atomic mass is 16.3. The first-order chi connectivity index (χ1) is 8.38. The zero-order chi connectivity index (χ0) is 11.7. The van der Waals surface area contributed by atoms with Crippen molar-refractivity contribution in [3.63, 3.8) is 0 Å². The quantitative estimate of drug-likeness (QED) is 0.625. The molecule has 1 aromatic carbocycles. The summed E-state index contributed by atoms with van der Waals surface area (Å²) in [5.74, 6) is 7.07. The van der Waals surface area contributed by atoms with Gasteiger partial charge in [-0.2, -0.15) is 0 Å². The third-order valence-electron chi connectivity index (χ3n) is 3.58. The van der Waals surface area contributed by atoms with Crippen LogP contribution < -0.4 is 11.3 Å². The Morgan fingerprint density at radius 2 is 1.82 bits per heavy atom. The monoisotopic (exact) mass is 228 g/mol. The number of hydrogen-bond acceptors (Lipinski definition) is 3. The minimum absolute atomic E-state index is 0.0948. The van der Waals surface area contributed by atoms with Gasteiger partial charge in [0.25, 0.3) is 0 Å². The molecule has 3 nitrogen and oxygen atoms in total. The molecule has 3 heteroatoms. The highest BCUT2D eigenvalue weighted by molar-refractivity contribution is 5.33. The van der Waals surface area contributed by atoms with E-state index in [1.807, 2.05) is 12.1 Å². The van der Waals surface area contributed by atoms with Gasteiger partial charge in [0.2, 0.25) is 0 Å². The SMILES string of the molecule is NNC(c1ccco1)C1Cc2ccccc2C1. The van der Waals surface area contributed by atoms with Gasteiger partial charge in [-0.05, 0) is 42.0 Å². The molecule has 3 N–H and O–H groups in total. The highest BCUT2D eigenvalue weighted by Crippen LogP contribution is 2.34. The molecule has 0 amide bonds. The van der Waals surface area contributed by atoms with Crippen LogP contribution in [0.5, 0.6) is 0 Å². The number of furan rings is 1. The van der Waals surface area contributed by atoms with Crippen LogP contribution in [-0.2, 0) is 12.8 Å². The Balaban J connectivity index is 1.83. The van der Waals surface area contributed by atoms with E-state index >= 15 is 0 Å². The maximum Gasteiger partial charge on any atom is 0.122 e. The molecule has 0 radical (unpaired) electrons. The third kappa shape index (κ3) is 1.88. The Hall–Kier alpha value is -1.58. The van der Waals surface area contributed by atoms with Gasteiger partial charge in [-0.15, -0.1) is 0 Å². The topological polar surface area (TPSA) is 51.2 Å². The van der Waals surface area contributed by atoms with Crippen LogP contribution in [0.3, 0.4) is 0 Å². The molecule has 0 spiro atoms. The van der Waals surface area contributed by atoms with Gasteiger partial charge in [-0.25, -0.2) is 5.43 Å². The molecule has 17 heavy (non-hydrogen) atoms. The molecule has 88 valence electrons. The van der Waals surface area contributed by atoms with E-state index in [1.165, 1.54) is 11.1 Å². The molecule has 0 aliphatic heterocycles. The fourth-order valence-corrected chi connectivity index (χ4v) is 2.75. The molecule has 1 aliphatic carbocycles. The molecule has 1 unspecified atom stereocenters. The van der Waals surface area contributed by atoms with E-state index in [0.29, 0.717) is 5.92 Å². The van der Waals surface area contributed by atoms with Crippen molar-refractivity contribution in [1.29, 1.82) is 0 Å². The van der Waals surface area contributed by atoms with Crippen LogP contribution in [0.15, 0.2) is 47.1 Å². The number of nitrogens with one attached hydrogen (secondary N) is 1. The number of benzene rings is 1. The van der Waals surface area contributed by atoms with E-state index in [1.54, 1.807) is 6.26 Å². The van der Waals surface area contributed by atoms with Crippen molar-refractivity contribution in [2.45, 2.75) is 18.9 Å². The molecule has 1 aliphatic rings. The molecule has 1 atom stereocenters. The maximum absolute atomic E-state index is 5.67. The molecule has 0 saturated heterocycles. The second kappa shape index (κ2) is 4.35. The first-order valence-electron chi connectivity index (χ1n) is 5.95. The molecular weight excluding hydrogens is 212 g/mol. The van der Waals surface area contributed by atoms with Crippen molar-refractivity contribution >= 4 is 0 Å². The zero-order valence-corrected chi connectivity index (χ0v) is 9.60. The second-order valence-corrected chi connectivity index (χ2v) is 4.60. The van der Waals surface area contributed by atoms with Crippen LogP contribution in [0.4, 0.5) is 0 Å². The summed E-state index contributed by atoms with van der Waals surface area (Å²) in [4.78, 5) is 0. The smallest absolute Gasteiger partial charge is 0.122 e. The van der Waals surface area contributed by atoms with E-state index < -0.39 is 0 Å². The van der Waals surface area contributed by atoms with E-state index in [4.69, 9.17) is 10.3 Å². The average Bonchev–Trinajstić information content (AvgIpc) is 2.98. The second-order valence-electron chi connectivity index (χ2n) is 4.60. The number of nitrogens with two attached hydrogens (primary N) is 1. The van der Waals surface area contributed by atoms with Crippen molar-refractivity contribution in [2.24, 2.45) is 11.8 Å². The van der Waals surface area contributed by atoms with Gasteiger partial charge in [0.1, 0.15) is 5.76 Å². The van der Waals surface area contributed by atoms with Gasteiger partial charge in [0.05, 0.1) is 12.3 Å². The summed E-state index contributed by atoms with van der Waals surface area (Å²) in [5, 5.41) is 0. The van der Waals surface area contributed by atoms with E-state index in [-0.39, 0.29) is 6.04 Å². The average molecular weight is 228 g/mol. The van der Waals surface area contributed by atoms with Crippen LogP contribution >= 0.6 is 0 Å². The standard InChI is InChI=1S/C14H16N2O/c15-16-14(13-6-3-7-17-13)12-8-10-4-1-2-5-11(10)9-12/h1-7,12,14,16H,8-9,15H2. The van der Waals surface area contributed by atoms with Crippen LogP contribution in [0, 0.1) is 5.92 Å². The van der Waals surface area contributed by atoms with Gasteiger partial charge in [-0.3, -0.25) is 5.84 Å². The van der Waals surface area contributed by atoms with Gasteiger partial charge >= 0.3 is 0 Å². The summed E-state index contributed by atoms with van der Waals surface area (Å²) in [7, 11) is 0. The molecular formula is C14H16N2O. The summed E-state index contributed by atoms with van der Waals surface area (Å²) in [6.45, 7) is 0. The number of hydrogen-bond donors (Lipinski definition) is 2. The van der Waals surface area contributed by atoms with E-state index in [2.05, 4.69) is 29.7 Å². The lowest BCUT2D eigenvalue weighted by Gasteiger charge is -2.20. The van der Waals surface area contributed by atoms with Gasteiger partial charge in [0, 0.05) is 0 Å². The Labute approximate surface area is 101 Å². The van der Waals surface area contributed by atoms with Crippen molar-refractivity contribution in [2.75, 3.05) is 0 Å². The first-order valence-corrected chi connectivity index (χ1v) is 5.95. The summed E-state index contributed by atoms with van der Waals surface area (Å²) >= 11 is 0. The molecule has 1 aromatic heterocycles. The largest absolute Gasteiger partial charge is 0.468 e. The number of fused-ring (bicyclic) bond motifs is 1. The minimum atomic E-state index is 0.0948. The molecule has 3 rings (SSSR count). The lowest BCUT2D eigenvalue weighted by atomic mass is 9.95. The van der Waals surface area contributed by atoms with Gasteiger partial charge in [0.15, 0.2) is 0 Å². The minimum Gasteiger partial charge on any atom is -0.468 e. The predicted molar refractivity (Wildman–Crippen MR) is 66.1 cm³/mol. The fourth-order valence-electron chi connectivity index (χ4n) is 2.75. The summed E-state index contributed by atoms with van der Waals surface area (Å²) in [5.41, 5.74) is 5.76. The highest BCUT2D eigenvalue weighted by Gasteiger charge is 2.30. The zero-order valence-electron chi connectivity index (χ0n) is 9.60.